The minimum atomic E-state index is -0.456. The maximum atomic E-state index is 10.1. The first-order valence-corrected chi connectivity index (χ1v) is 9.45. The van der Waals surface area contributed by atoms with E-state index < -0.39 is 6.10 Å². The second-order valence-corrected chi connectivity index (χ2v) is 7.25. The summed E-state index contributed by atoms with van der Waals surface area (Å²) in [5.41, 5.74) is 0.977. The van der Waals surface area contributed by atoms with Gasteiger partial charge in [0.1, 0.15) is 0 Å². The van der Waals surface area contributed by atoms with E-state index in [1.165, 1.54) is 22.4 Å². The van der Waals surface area contributed by atoms with Crippen LogP contribution in [0.15, 0.2) is 40.2 Å². The van der Waals surface area contributed by atoms with Crippen LogP contribution in [0, 0.1) is 0 Å². The monoisotopic (exact) mass is 316 g/mol. The molecule has 0 saturated carbocycles. The topological polar surface area (TPSA) is 20.2 Å². The predicted octanol–water partition coefficient (Wildman–Crippen LogP) is 3.85. The van der Waals surface area contributed by atoms with Crippen molar-refractivity contribution in [1.29, 1.82) is 0 Å². The third-order valence-corrected chi connectivity index (χ3v) is 6.03. The zero-order valence-corrected chi connectivity index (χ0v) is 13.0. The molecule has 1 aromatic carbocycles. The fraction of sp³-hybridized carbons (Fsp3) is 0.429. The van der Waals surface area contributed by atoms with Crippen LogP contribution in [-0.2, 0) is 0 Å². The molecule has 1 N–H and O–H groups in total. The normalized spacial score (nSPS) is 13.7. The molecule has 17 heavy (non-hydrogen) atoms. The van der Waals surface area contributed by atoms with Gasteiger partial charge in [0.25, 0.3) is 0 Å². The van der Waals surface area contributed by atoms with Gasteiger partial charge in [0.05, 0.1) is 0 Å². The van der Waals surface area contributed by atoms with Crippen LogP contribution in [0.5, 0.6) is 0 Å². The second kappa shape index (κ2) is 8.82. The summed E-state index contributed by atoms with van der Waals surface area (Å²) < 4.78 is 1.35. The number of rotatable bonds is 7. The van der Waals surface area contributed by atoms with Crippen molar-refractivity contribution in [2.75, 3.05) is 5.75 Å². The minimum absolute atomic E-state index is 0.456. The van der Waals surface area contributed by atoms with Crippen LogP contribution in [0.3, 0.4) is 0 Å². The van der Waals surface area contributed by atoms with Gasteiger partial charge in [-0.25, -0.2) is 0 Å². The number of aliphatic hydroxyl groups excluding tert-OH is 1. The maximum absolute atomic E-state index is 10.1. The summed E-state index contributed by atoms with van der Waals surface area (Å²) in [4.78, 5) is 0. The first-order chi connectivity index (χ1) is 8.27. The molecule has 3 heteroatoms. The van der Waals surface area contributed by atoms with Crippen molar-refractivity contribution in [1.82, 2.24) is 0 Å². The summed E-state index contributed by atoms with van der Waals surface area (Å²) in [6, 6.07) is 9.84. The Morgan fingerprint density at radius 1 is 1.41 bits per heavy atom. The van der Waals surface area contributed by atoms with Crippen molar-refractivity contribution in [3.63, 3.8) is 0 Å². The molecular formula is C14H20OSSe. The molecule has 0 fully saturated rings. The van der Waals surface area contributed by atoms with E-state index in [0.29, 0.717) is 15.0 Å². The molecule has 1 nitrogen and oxygen atoms in total. The van der Waals surface area contributed by atoms with Gasteiger partial charge in [-0.05, 0) is 0 Å². The van der Waals surface area contributed by atoms with E-state index in [1.807, 2.05) is 48.2 Å². The van der Waals surface area contributed by atoms with Gasteiger partial charge in [0.15, 0.2) is 0 Å². The molecule has 0 spiro atoms. The van der Waals surface area contributed by atoms with Gasteiger partial charge in [-0.3, -0.25) is 0 Å². The first-order valence-electron chi connectivity index (χ1n) is 5.89. The Bertz CT molecular complexity index is 337. The summed E-state index contributed by atoms with van der Waals surface area (Å²) in [6.07, 6.45) is 4.04. The molecule has 1 aromatic rings. The van der Waals surface area contributed by atoms with Gasteiger partial charge < -0.3 is 0 Å². The summed E-state index contributed by atoms with van der Waals surface area (Å²) in [7, 11) is 0. The Balaban J connectivity index is 2.58. The number of hydrogen-bond acceptors (Lipinski definition) is 2. The molecule has 0 aliphatic carbocycles. The number of benzene rings is 1. The summed E-state index contributed by atoms with van der Waals surface area (Å²) >= 11 is 2.36. The van der Waals surface area contributed by atoms with Crippen LogP contribution in [0.2, 0.25) is 5.82 Å². The standard InChI is InChI=1S/C14H20OSSe/c1-3-4-10-16-14(17-2)11-13(15)12-8-6-5-7-9-12/h5-9,11,13,15H,3-4,10H2,1-2H3/b14-11-. The van der Waals surface area contributed by atoms with E-state index in [1.54, 1.807) is 0 Å². The predicted molar refractivity (Wildman–Crippen MR) is 78.5 cm³/mol. The third-order valence-electron chi connectivity index (χ3n) is 2.38. The van der Waals surface area contributed by atoms with Crippen molar-refractivity contribution in [3.8, 4) is 0 Å². The molecule has 0 heterocycles. The SMILES string of the molecule is CCCCS/C(=C/C(O)c1ccccc1)[Se]C. The molecule has 0 aliphatic heterocycles. The third kappa shape index (κ3) is 5.78. The summed E-state index contributed by atoms with van der Waals surface area (Å²) in [5, 5.41) is 10.1. The summed E-state index contributed by atoms with van der Waals surface area (Å²) in [6.45, 7) is 2.21. The molecule has 0 bridgehead atoms. The van der Waals surface area contributed by atoms with E-state index in [4.69, 9.17) is 0 Å². The quantitative estimate of drug-likeness (QED) is 0.609. The molecule has 0 saturated heterocycles. The average molecular weight is 315 g/mol. The van der Waals surface area contributed by atoms with Crippen LogP contribution in [0.1, 0.15) is 31.4 Å². The van der Waals surface area contributed by atoms with Gasteiger partial charge in [0, 0.05) is 0 Å². The molecule has 0 radical (unpaired) electrons. The van der Waals surface area contributed by atoms with Crippen LogP contribution in [0.25, 0.3) is 0 Å². The van der Waals surface area contributed by atoms with Gasteiger partial charge in [-0.15, -0.1) is 0 Å². The summed E-state index contributed by atoms with van der Waals surface area (Å²) in [5.74, 6) is 3.37. The van der Waals surface area contributed by atoms with Gasteiger partial charge >= 0.3 is 115 Å². The molecule has 1 rings (SSSR count). The number of hydrogen-bond donors (Lipinski definition) is 1. The van der Waals surface area contributed by atoms with Crippen molar-refractivity contribution < 1.29 is 5.11 Å². The van der Waals surface area contributed by atoms with Gasteiger partial charge in [0.2, 0.25) is 0 Å². The molecule has 94 valence electrons. The van der Waals surface area contributed by atoms with E-state index in [9.17, 15) is 5.11 Å². The van der Waals surface area contributed by atoms with Crippen molar-refractivity contribution in [2.45, 2.75) is 31.7 Å². The van der Waals surface area contributed by atoms with Gasteiger partial charge in [-0.1, -0.05) is 0 Å². The van der Waals surface area contributed by atoms with Crippen LogP contribution in [-0.4, -0.2) is 25.8 Å². The van der Waals surface area contributed by atoms with E-state index in [2.05, 4.69) is 12.7 Å². The molecule has 0 amide bonds. The number of thioether (sulfide) groups is 1. The fourth-order valence-corrected chi connectivity index (χ4v) is 4.17. The molecule has 0 aliphatic rings. The first kappa shape index (κ1) is 14.8. The van der Waals surface area contributed by atoms with Crippen molar-refractivity contribution in [2.24, 2.45) is 0 Å². The number of aliphatic hydroxyl groups is 1. The van der Waals surface area contributed by atoms with E-state index in [0.717, 1.165) is 5.56 Å². The van der Waals surface area contributed by atoms with Crippen molar-refractivity contribution in [3.05, 3.63) is 45.8 Å². The van der Waals surface area contributed by atoms with Crippen LogP contribution in [0.4, 0.5) is 0 Å². The zero-order chi connectivity index (χ0) is 12.5. The fourth-order valence-electron chi connectivity index (χ4n) is 1.37. The average Bonchev–Trinajstić information content (AvgIpc) is 2.38. The van der Waals surface area contributed by atoms with Gasteiger partial charge in [-0.2, -0.15) is 0 Å². The van der Waals surface area contributed by atoms with Crippen LogP contribution >= 0.6 is 11.8 Å². The Labute approximate surface area is 115 Å². The molecule has 1 unspecified atom stereocenters. The van der Waals surface area contributed by atoms with Crippen LogP contribution < -0.4 is 0 Å². The number of unbranched alkanes of at least 4 members (excludes halogenated alkanes) is 1. The Kier molecular flexibility index (Phi) is 7.70. The molecule has 0 aromatic heterocycles. The Morgan fingerprint density at radius 2 is 2.12 bits per heavy atom. The van der Waals surface area contributed by atoms with Crippen molar-refractivity contribution >= 4 is 26.7 Å². The Hall–Kier alpha value is -0.211. The second-order valence-electron chi connectivity index (χ2n) is 3.75. The van der Waals surface area contributed by atoms with E-state index in [-0.39, 0.29) is 0 Å². The molecular weight excluding hydrogens is 295 g/mol. The Morgan fingerprint density at radius 3 is 2.71 bits per heavy atom. The molecule has 1 atom stereocenters. The van der Waals surface area contributed by atoms with E-state index >= 15 is 0 Å². The zero-order valence-electron chi connectivity index (χ0n) is 10.4.